The van der Waals surface area contributed by atoms with Gasteiger partial charge in [-0.3, -0.25) is 14.5 Å². The molecule has 1 N–H and O–H groups in total. The molecule has 5 nitrogen and oxygen atoms in total. The molecule has 51 heavy (non-hydrogen) atoms. The van der Waals surface area contributed by atoms with E-state index in [0.29, 0.717) is 0 Å². The average Bonchev–Trinajstić information content (AvgIpc) is 3.46. The molecule has 0 fully saturated rings. The number of carboxylic acid groups (broad SMARTS) is 1. The van der Waals surface area contributed by atoms with Gasteiger partial charge in [0.2, 0.25) is 0 Å². The standard InChI is InChI=1S/C44H58N2O3S2/c1-2-3-4-5-6-7-8-9-10-11-12-13-14-15-16-23-32-45-39-30-28-35(29-31-40(47)46(44(50)51)34-41(48)49)33-38(39)42(36-24-19-17-20-25-36)43(45)37-26-21-18-22-27-37/h17-22,24-31,33,42-43H,2-16,23,32,34H2,1H3,(H,48,49)(H,50,51)/b31-29+. The lowest BCUT2D eigenvalue weighted by molar-refractivity contribution is -0.140. The monoisotopic (exact) mass is 726 g/mol. The number of aliphatic carboxylic acids is 1. The largest absolute Gasteiger partial charge is 0.480 e. The minimum Gasteiger partial charge on any atom is -0.480 e. The van der Waals surface area contributed by atoms with Crippen molar-refractivity contribution in [3.8, 4) is 0 Å². The van der Waals surface area contributed by atoms with Crippen molar-refractivity contribution in [3.05, 3.63) is 107 Å². The number of amides is 1. The third-order valence-electron chi connectivity index (χ3n) is 10.1. The Balaban J connectivity index is 1.38. The maximum absolute atomic E-state index is 12.9. The van der Waals surface area contributed by atoms with Gasteiger partial charge >= 0.3 is 5.97 Å². The molecule has 1 aliphatic rings. The second-order valence-electron chi connectivity index (χ2n) is 14.0. The van der Waals surface area contributed by atoms with E-state index in [0.717, 1.165) is 23.4 Å². The number of nitrogens with zero attached hydrogens (tertiary/aromatic N) is 2. The van der Waals surface area contributed by atoms with Crippen LogP contribution in [0.4, 0.5) is 5.69 Å². The second-order valence-corrected chi connectivity index (χ2v) is 15.1. The zero-order chi connectivity index (χ0) is 36.3. The van der Waals surface area contributed by atoms with Gasteiger partial charge in [-0.25, -0.2) is 0 Å². The maximum atomic E-state index is 12.9. The first kappa shape index (κ1) is 40.4. The lowest BCUT2D eigenvalue weighted by Gasteiger charge is -2.31. The summed E-state index contributed by atoms with van der Waals surface area (Å²) >= 11 is 9.08. The summed E-state index contributed by atoms with van der Waals surface area (Å²) in [5.41, 5.74) is 5.88. The number of hydrogen-bond donors (Lipinski definition) is 2. The summed E-state index contributed by atoms with van der Waals surface area (Å²) in [5.74, 6) is -1.54. The van der Waals surface area contributed by atoms with Crippen LogP contribution in [0.25, 0.3) is 6.08 Å². The van der Waals surface area contributed by atoms with Gasteiger partial charge in [-0.2, -0.15) is 0 Å². The molecule has 2 atom stereocenters. The molecular formula is C44H58N2O3S2. The van der Waals surface area contributed by atoms with Crippen LogP contribution in [0.5, 0.6) is 0 Å². The van der Waals surface area contributed by atoms with E-state index in [9.17, 15) is 14.7 Å². The number of fused-ring (bicyclic) bond motifs is 1. The van der Waals surface area contributed by atoms with Crippen LogP contribution >= 0.6 is 24.8 Å². The third-order valence-corrected chi connectivity index (χ3v) is 10.6. The highest BCUT2D eigenvalue weighted by molar-refractivity contribution is 8.11. The maximum Gasteiger partial charge on any atom is 0.323 e. The lowest BCUT2D eigenvalue weighted by Crippen LogP contribution is -2.36. The van der Waals surface area contributed by atoms with Crippen molar-refractivity contribution < 1.29 is 14.7 Å². The molecule has 0 aromatic heterocycles. The minimum absolute atomic E-state index is 0.0689. The molecule has 4 rings (SSSR count). The van der Waals surface area contributed by atoms with Gasteiger partial charge in [0, 0.05) is 24.2 Å². The van der Waals surface area contributed by atoms with Gasteiger partial charge in [0.05, 0.1) is 6.04 Å². The minimum atomic E-state index is -1.15. The number of carbonyl (C=O) groups is 2. The first-order valence-electron chi connectivity index (χ1n) is 19.4. The predicted octanol–water partition coefficient (Wildman–Crippen LogP) is 11.8. The molecule has 3 aromatic carbocycles. The van der Waals surface area contributed by atoms with Crippen molar-refractivity contribution in [2.45, 2.75) is 122 Å². The number of unbranched alkanes of at least 4 members (excludes halogenated alkanes) is 15. The van der Waals surface area contributed by atoms with Crippen molar-refractivity contribution in [2.24, 2.45) is 0 Å². The van der Waals surface area contributed by atoms with Crippen molar-refractivity contribution >= 4 is 52.8 Å². The molecule has 0 radical (unpaired) electrons. The highest BCUT2D eigenvalue weighted by Gasteiger charge is 2.40. The summed E-state index contributed by atoms with van der Waals surface area (Å²) in [5, 5.41) is 9.23. The van der Waals surface area contributed by atoms with Gasteiger partial charge in [0.1, 0.15) is 10.9 Å². The highest BCUT2D eigenvalue weighted by atomic mass is 32.1. The summed E-state index contributed by atoms with van der Waals surface area (Å²) in [6.45, 7) is 2.73. The van der Waals surface area contributed by atoms with Crippen LogP contribution in [-0.4, -0.2) is 39.3 Å². The van der Waals surface area contributed by atoms with Crippen molar-refractivity contribution in [3.63, 3.8) is 0 Å². The fraction of sp³-hybridized carbons (Fsp3) is 0.477. The smallest absolute Gasteiger partial charge is 0.323 e. The lowest BCUT2D eigenvalue weighted by atomic mass is 9.84. The number of carboxylic acids is 1. The van der Waals surface area contributed by atoms with Gasteiger partial charge < -0.3 is 10.0 Å². The summed E-state index contributed by atoms with van der Waals surface area (Å²) < 4.78 is -0.0689. The van der Waals surface area contributed by atoms with E-state index in [1.165, 1.54) is 125 Å². The fourth-order valence-corrected chi connectivity index (χ4v) is 7.78. The van der Waals surface area contributed by atoms with Gasteiger partial charge in [-0.1, -0.05) is 182 Å². The quantitative estimate of drug-likeness (QED) is 0.0441. The molecule has 0 saturated carbocycles. The molecule has 3 aromatic rings. The van der Waals surface area contributed by atoms with Gasteiger partial charge in [0.25, 0.3) is 5.91 Å². The zero-order valence-corrected chi connectivity index (χ0v) is 32.3. The van der Waals surface area contributed by atoms with Crippen LogP contribution in [0.1, 0.15) is 144 Å². The molecule has 0 spiro atoms. The van der Waals surface area contributed by atoms with E-state index in [-0.39, 0.29) is 16.3 Å². The second kappa shape index (κ2) is 22.5. The van der Waals surface area contributed by atoms with Gasteiger partial charge in [-0.05, 0) is 46.9 Å². The number of anilines is 1. The molecule has 1 heterocycles. The summed E-state index contributed by atoms with van der Waals surface area (Å²) in [6, 6.07) is 28.1. The summed E-state index contributed by atoms with van der Waals surface area (Å²) in [7, 11) is 0. The van der Waals surface area contributed by atoms with Crippen molar-refractivity contribution in [1.29, 1.82) is 0 Å². The van der Waals surface area contributed by atoms with Crippen LogP contribution in [-0.2, 0) is 9.59 Å². The number of carbonyl (C=O) groups excluding carboxylic acids is 1. The Morgan fingerprint density at radius 1 is 0.745 bits per heavy atom. The normalized spacial score (nSPS) is 15.3. The van der Waals surface area contributed by atoms with Crippen molar-refractivity contribution in [2.75, 3.05) is 18.0 Å². The molecule has 0 bridgehead atoms. The highest BCUT2D eigenvalue weighted by Crippen LogP contribution is 2.52. The molecule has 1 amide bonds. The molecular weight excluding hydrogens is 669 g/mol. The van der Waals surface area contributed by atoms with Crippen LogP contribution in [0, 0.1) is 0 Å². The Morgan fingerprint density at radius 2 is 1.25 bits per heavy atom. The fourth-order valence-electron chi connectivity index (χ4n) is 7.45. The molecule has 1 aliphatic heterocycles. The first-order valence-corrected chi connectivity index (χ1v) is 20.2. The topological polar surface area (TPSA) is 60.9 Å². The summed E-state index contributed by atoms with van der Waals surface area (Å²) in [4.78, 5) is 27.7. The van der Waals surface area contributed by atoms with Crippen LogP contribution < -0.4 is 4.90 Å². The number of hydrogen-bond acceptors (Lipinski definition) is 4. The Kier molecular flexibility index (Phi) is 17.8. The van der Waals surface area contributed by atoms with Gasteiger partial charge in [0.15, 0.2) is 0 Å². The third kappa shape index (κ3) is 12.9. The SMILES string of the molecule is CCCCCCCCCCCCCCCCCCN1c2ccc(/C=C/C(=O)N(CC(=O)O)C(=S)S)cc2C(c2ccccc2)C1c1ccccc1. The molecule has 0 aliphatic carbocycles. The predicted molar refractivity (Wildman–Crippen MR) is 221 cm³/mol. The van der Waals surface area contributed by atoms with Crippen molar-refractivity contribution in [1.82, 2.24) is 4.90 Å². The van der Waals surface area contributed by atoms with E-state index in [4.69, 9.17) is 12.2 Å². The Labute approximate surface area is 317 Å². The Morgan fingerprint density at radius 3 is 1.76 bits per heavy atom. The summed E-state index contributed by atoms with van der Waals surface area (Å²) in [6.07, 6.45) is 24.8. The van der Waals surface area contributed by atoms with Crippen LogP contribution in [0.2, 0.25) is 0 Å². The zero-order valence-electron chi connectivity index (χ0n) is 30.6. The first-order chi connectivity index (χ1) is 24.9. The average molecular weight is 727 g/mol. The van der Waals surface area contributed by atoms with Crippen LogP contribution in [0.3, 0.4) is 0 Å². The van der Waals surface area contributed by atoms with E-state index < -0.39 is 18.4 Å². The van der Waals surface area contributed by atoms with E-state index >= 15 is 0 Å². The molecule has 274 valence electrons. The molecule has 0 saturated heterocycles. The van der Waals surface area contributed by atoms with E-state index in [2.05, 4.69) is 97.2 Å². The van der Waals surface area contributed by atoms with Crippen LogP contribution in [0.15, 0.2) is 84.9 Å². The van der Waals surface area contributed by atoms with E-state index in [1.807, 2.05) is 6.07 Å². The van der Waals surface area contributed by atoms with E-state index in [1.54, 1.807) is 6.08 Å². The molecule has 7 heteroatoms. The number of thiol groups is 1. The number of thiocarbonyl (C=S) groups is 1. The molecule has 2 unspecified atom stereocenters. The number of benzene rings is 3. The Hall–Kier alpha value is -3.42. The number of rotatable bonds is 23. The van der Waals surface area contributed by atoms with Gasteiger partial charge in [-0.15, -0.1) is 12.6 Å². The Bertz CT molecular complexity index is 1530.